The van der Waals surface area contributed by atoms with Crippen molar-refractivity contribution in [3.63, 3.8) is 0 Å². The number of fused-ring (bicyclic) bond motifs is 1. The van der Waals surface area contributed by atoms with Crippen LogP contribution in [0.5, 0.6) is 5.75 Å². The number of primary amides is 1. The fourth-order valence-electron chi connectivity index (χ4n) is 4.56. The molecule has 0 radical (unpaired) electrons. The van der Waals surface area contributed by atoms with Gasteiger partial charge in [-0.2, -0.15) is 0 Å². The van der Waals surface area contributed by atoms with Gasteiger partial charge in [0.05, 0.1) is 6.04 Å². The number of phenolic OH excluding ortho intramolecular Hbond substituents is 1. The highest BCUT2D eigenvalue weighted by atomic mass is 16.4. The van der Waals surface area contributed by atoms with Crippen molar-refractivity contribution in [2.45, 2.75) is 63.7 Å². The largest absolute Gasteiger partial charge is 0.508 e. The van der Waals surface area contributed by atoms with Gasteiger partial charge < -0.3 is 42.6 Å². The van der Waals surface area contributed by atoms with E-state index in [1.807, 2.05) is 24.3 Å². The van der Waals surface area contributed by atoms with Gasteiger partial charge in [-0.25, -0.2) is 4.79 Å². The number of carbonyl (C=O) groups excluding carboxylic acids is 4. The topological polar surface area (TPSA) is 230 Å². The molecule has 0 saturated heterocycles. The second kappa shape index (κ2) is 14.8. The minimum atomic E-state index is -1.31. The van der Waals surface area contributed by atoms with Gasteiger partial charge in [0.1, 0.15) is 23.9 Å². The summed E-state index contributed by atoms with van der Waals surface area (Å²) in [7, 11) is 0. The van der Waals surface area contributed by atoms with Crippen molar-refractivity contribution in [2.24, 2.45) is 17.4 Å². The summed E-state index contributed by atoms with van der Waals surface area (Å²) in [6.45, 7) is 3.38. The van der Waals surface area contributed by atoms with Gasteiger partial charge in [0.25, 0.3) is 0 Å². The number of nitrogens with two attached hydrogens (primary N) is 2. The third-order valence-electron chi connectivity index (χ3n) is 7.01. The summed E-state index contributed by atoms with van der Waals surface area (Å²) >= 11 is 0. The van der Waals surface area contributed by atoms with Crippen LogP contribution in [0.1, 0.15) is 37.8 Å². The Hall–Kier alpha value is -4.91. The van der Waals surface area contributed by atoms with E-state index in [0.29, 0.717) is 5.56 Å². The number of phenols is 1. The molecule has 0 aliphatic heterocycles. The minimum absolute atomic E-state index is 0.0166. The molecule has 4 atom stereocenters. The molecule has 2 aromatic carbocycles. The molecule has 0 saturated carbocycles. The summed E-state index contributed by atoms with van der Waals surface area (Å²) in [5.74, 6) is -4.40. The second-order valence-electron chi connectivity index (χ2n) is 10.7. The van der Waals surface area contributed by atoms with Crippen LogP contribution in [-0.4, -0.2) is 69.0 Å². The monoisotopic (exact) mass is 594 g/mol. The molecule has 0 spiro atoms. The molecule has 0 fully saturated rings. The zero-order valence-electron chi connectivity index (χ0n) is 24.0. The van der Waals surface area contributed by atoms with Crippen LogP contribution in [0.3, 0.4) is 0 Å². The molecule has 13 heteroatoms. The minimum Gasteiger partial charge on any atom is -0.508 e. The lowest BCUT2D eigenvalue weighted by Gasteiger charge is -2.27. The molecular formula is C30H38N6O7. The number of H-pyrrole nitrogens is 1. The summed E-state index contributed by atoms with van der Waals surface area (Å²) in [6.07, 6.45) is 1.59. The molecule has 0 aliphatic carbocycles. The maximum atomic E-state index is 13.6. The van der Waals surface area contributed by atoms with Crippen LogP contribution in [0.4, 0.5) is 0 Å². The summed E-state index contributed by atoms with van der Waals surface area (Å²) < 4.78 is 0. The standard InChI is InChI=1S/C30H38N6O7/c1-16(2)26(29(41)35-24(30(42)43)13-17-7-9-19(37)10-8-17)36-28(40)23(34-27(39)21(31)11-12-25(32)38)14-18-15-33-22-6-4-3-5-20(18)22/h3-10,15-16,21,23-24,26,33,37H,11-14,31H2,1-2H3,(H2,32,38)(H,34,39)(H,35,41)(H,36,40)(H,42,43). The maximum absolute atomic E-state index is 13.6. The highest BCUT2D eigenvalue weighted by Crippen LogP contribution is 2.20. The average Bonchev–Trinajstić information content (AvgIpc) is 3.37. The van der Waals surface area contributed by atoms with Gasteiger partial charge in [-0.3, -0.25) is 19.2 Å². The number of hydrogen-bond acceptors (Lipinski definition) is 7. The lowest BCUT2D eigenvalue weighted by Crippen LogP contribution is -2.59. The van der Waals surface area contributed by atoms with Crippen molar-refractivity contribution >= 4 is 40.5 Å². The van der Waals surface area contributed by atoms with Gasteiger partial charge >= 0.3 is 5.97 Å². The predicted octanol–water partition coefficient (Wildman–Crippen LogP) is 0.447. The highest BCUT2D eigenvalue weighted by Gasteiger charge is 2.32. The van der Waals surface area contributed by atoms with E-state index < -0.39 is 59.7 Å². The lowest BCUT2D eigenvalue weighted by molar-refractivity contribution is -0.142. The molecule has 4 amide bonds. The predicted molar refractivity (Wildman–Crippen MR) is 158 cm³/mol. The molecule has 43 heavy (non-hydrogen) atoms. The quantitative estimate of drug-likeness (QED) is 0.123. The number of amides is 4. The first-order chi connectivity index (χ1) is 20.3. The van der Waals surface area contributed by atoms with Crippen molar-refractivity contribution < 1.29 is 34.2 Å². The van der Waals surface area contributed by atoms with Gasteiger partial charge in [-0.15, -0.1) is 0 Å². The highest BCUT2D eigenvalue weighted by molar-refractivity contribution is 5.95. The molecule has 10 N–H and O–H groups in total. The Bertz CT molecular complexity index is 1450. The normalized spacial score (nSPS) is 14.0. The van der Waals surface area contributed by atoms with Gasteiger partial charge in [-0.1, -0.05) is 44.2 Å². The number of para-hydroxylation sites is 1. The van der Waals surface area contributed by atoms with E-state index >= 15 is 0 Å². The zero-order chi connectivity index (χ0) is 31.7. The molecule has 1 aromatic heterocycles. The third kappa shape index (κ3) is 9.30. The van der Waals surface area contributed by atoms with Crippen LogP contribution < -0.4 is 27.4 Å². The van der Waals surface area contributed by atoms with Crippen LogP contribution in [0.25, 0.3) is 10.9 Å². The summed E-state index contributed by atoms with van der Waals surface area (Å²) in [5.41, 5.74) is 13.2. The Labute approximate surface area is 248 Å². The number of rotatable bonds is 15. The lowest BCUT2D eigenvalue weighted by atomic mass is 9.99. The Kier molecular flexibility index (Phi) is 11.2. The van der Waals surface area contributed by atoms with Crippen molar-refractivity contribution in [2.75, 3.05) is 0 Å². The van der Waals surface area contributed by atoms with Gasteiger partial charge in [0.2, 0.25) is 23.6 Å². The van der Waals surface area contributed by atoms with Crippen molar-refractivity contribution in [1.29, 1.82) is 0 Å². The number of benzene rings is 2. The molecule has 13 nitrogen and oxygen atoms in total. The fourth-order valence-corrected chi connectivity index (χ4v) is 4.56. The SMILES string of the molecule is CC(C)C(NC(=O)C(Cc1c[nH]c2ccccc12)NC(=O)C(N)CCC(N)=O)C(=O)NC(Cc1ccc(O)cc1)C(=O)O. The van der Waals surface area contributed by atoms with Crippen molar-refractivity contribution in [3.05, 3.63) is 65.9 Å². The van der Waals surface area contributed by atoms with E-state index in [-0.39, 0.29) is 31.4 Å². The van der Waals surface area contributed by atoms with Crippen molar-refractivity contribution in [3.8, 4) is 5.75 Å². The first-order valence-corrected chi connectivity index (χ1v) is 13.9. The number of carboxylic acid groups (broad SMARTS) is 1. The van der Waals surface area contributed by atoms with Gasteiger partial charge in [-0.05, 0) is 41.7 Å². The first kappa shape index (κ1) is 32.6. The Morgan fingerprint density at radius 3 is 2.14 bits per heavy atom. The number of nitrogens with one attached hydrogen (secondary N) is 4. The number of hydrogen-bond donors (Lipinski definition) is 8. The van der Waals surface area contributed by atoms with Crippen LogP contribution in [0.2, 0.25) is 0 Å². The molecule has 0 aliphatic rings. The zero-order valence-corrected chi connectivity index (χ0v) is 24.0. The summed E-state index contributed by atoms with van der Waals surface area (Å²) in [5, 5.41) is 27.9. The molecule has 1 heterocycles. The van der Waals surface area contributed by atoms with Crippen molar-refractivity contribution in [1.82, 2.24) is 20.9 Å². The molecule has 230 valence electrons. The Morgan fingerprint density at radius 1 is 0.860 bits per heavy atom. The van der Waals surface area contributed by atoms with Gasteiger partial charge in [0, 0.05) is 36.4 Å². The summed E-state index contributed by atoms with van der Waals surface area (Å²) in [6, 6.07) is 8.62. The van der Waals surface area contributed by atoms with E-state index in [4.69, 9.17) is 11.5 Å². The molecular weight excluding hydrogens is 556 g/mol. The maximum Gasteiger partial charge on any atom is 0.326 e. The smallest absolute Gasteiger partial charge is 0.326 e. The number of carbonyl (C=O) groups is 5. The van der Waals surface area contributed by atoms with E-state index in [1.54, 1.807) is 32.2 Å². The molecule has 3 rings (SSSR count). The Balaban J connectivity index is 1.79. The average molecular weight is 595 g/mol. The van der Waals surface area contributed by atoms with Crippen LogP contribution in [0.15, 0.2) is 54.7 Å². The van der Waals surface area contributed by atoms with Crippen LogP contribution >= 0.6 is 0 Å². The fraction of sp³-hybridized carbons (Fsp3) is 0.367. The van der Waals surface area contributed by atoms with Crippen LogP contribution in [-0.2, 0) is 36.8 Å². The van der Waals surface area contributed by atoms with Gasteiger partial charge in [0.15, 0.2) is 0 Å². The van der Waals surface area contributed by atoms with E-state index in [2.05, 4.69) is 20.9 Å². The number of aromatic hydroxyl groups is 1. The number of aromatic nitrogens is 1. The number of aromatic amines is 1. The Morgan fingerprint density at radius 2 is 1.51 bits per heavy atom. The first-order valence-electron chi connectivity index (χ1n) is 13.9. The third-order valence-corrected chi connectivity index (χ3v) is 7.01. The van der Waals surface area contributed by atoms with E-state index in [9.17, 15) is 34.2 Å². The van der Waals surface area contributed by atoms with E-state index in [0.717, 1.165) is 16.5 Å². The number of aliphatic carboxylic acids is 1. The van der Waals surface area contributed by atoms with Crippen LogP contribution in [0, 0.1) is 5.92 Å². The molecule has 0 bridgehead atoms. The summed E-state index contributed by atoms with van der Waals surface area (Å²) in [4.78, 5) is 66.0. The molecule has 4 unspecified atom stereocenters. The molecule has 3 aromatic rings. The number of carboxylic acids is 1. The van der Waals surface area contributed by atoms with E-state index in [1.165, 1.54) is 12.1 Å². The second-order valence-corrected chi connectivity index (χ2v) is 10.7.